The van der Waals surface area contributed by atoms with E-state index in [0.29, 0.717) is 30.3 Å². The van der Waals surface area contributed by atoms with Crippen molar-refractivity contribution in [1.29, 1.82) is 0 Å². The topological polar surface area (TPSA) is 49.8 Å². The highest BCUT2D eigenvalue weighted by atomic mass is 35.5. The Morgan fingerprint density at radius 2 is 2.32 bits per heavy atom. The molecule has 5 heteroatoms. The number of halogens is 1. The van der Waals surface area contributed by atoms with Crippen molar-refractivity contribution >= 4 is 17.5 Å². The van der Waals surface area contributed by atoms with E-state index < -0.39 is 11.7 Å². The predicted molar refractivity (Wildman–Crippen MR) is 73.4 cm³/mol. The van der Waals surface area contributed by atoms with Gasteiger partial charge in [0.05, 0.1) is 5.60 Å². The lowest BCUT2D eigenvalue weighted by Crippen LogP contribution is -2.41. The van der Waals surface area contributed by atoms with Gasteiger partial charge in [0.25, 0.3) is 5.91 Å². The van der Waals surface area contributed by atoms with Crippen LogP contribution in [0.3, 0.4) is 0 Å². The Morgan fingerprint density at radius 3 is 2.89 bits per heavy atom. The fourth-order valence-electron chi connectivity index (χ4n) is 2.19. The Labute approximate surface area is 117 Å². The summed E-state index contributed by atoms with van der Waals surface area (Å²) < 4.78 is 5.58. The molecule has 0 aliphatic carbocycles. The summed E-state index contributed by atoms with van der Waals surface area (Å²) in [5.74, 6) is 0.456. The highest BCUT2D eigenvalue weighted by Gasteiger charge is 2.36. The SMILES string of the molecule is CC(Oc1cccc(Cl)c1)C(=O)N1CCC(C)(O)C1. The van der Waals surface area contributed by atoms with E-state index in [1.807, 2.05) is 0 Å². The van der Waals surface area contributed by atoms with Gasteiger partial charge >= 0.3 is 0 Å². The Kier molecular flexibility index (Phi) is 4.02. The molecule has 19 heavy (non-hydrogen) atoms. The number of carbonyl (C=O) groups is 1. The minimum Gasteiger partial charge on any atom is -0.481 e. The van der Waals surface area contributed by atoms with Gasteiger partial charge in [0.2, 0.25) is 0 Å². The van der Waals surface area contributed by atoms with Gasteiger partial charge in [0.1, 0.15) is 5.75 Å². The third-order valence-corrected chi connectivity index (χ3v) is 3.46. The van der Waals surface area contributed by atoms with E-state index in [4.69, 9.17) is 16.3 Å². The number of hydrogen-bond acceptors (Lipinski definition) is 3. The second-order valence-corrected chi connectivity index (χ2v) is 5.66. The van der Waals surface area contributed by atoms with E-state index in [9.17, 15) is 9.90 Å². The zero-order valence-corrected chi connectivity index (χ0v) is 11.9. The van der Waals surface area contributed by atoms with E-state index in [2.05, 4.69) is 0 Å². The Morgan fingerprint density at radius 1 is 1.58 bits per heavy atom. The van der Waals surface area contributed by atoms with Crippen molar-refractivity contribution in [2.45, 2.75) is 32.0 Å². The van der Waals surface area contributed by atoms with Crippen molar-refractivity contribution in [3.63, 3.8) is 0 Å². The molecule has 1 aromatic carbocycles. The van der Waals surface area contributed by atoms with Crippen molar-refractivity contribution in [2.75, 3.05) is 13.1 Å². The molecule has 1 aliphatic rings. The summed E-state index contributed by atoms with van der Waals surface area (Å²) >= 11 is 5.86. The molecule has 2 unspecified atom stereocenters. The molecule has 1 saturated heterocycles. The van der Waals surface area contributed by atoms with E-state index in [1.54, 1.807) is 43.0 Å². The molecule has 1 amide bonds. The minimum absolute atomic E-state index is 0.113. The maximum absolute atomic E-state index is 12.2. The number of carbonyl (C=O) groups excluding carboxylic acids is 1. The van der Waals surface area contributed by atoms with Crippen LogP contribution in [0.15, 0.2) is 24.3 Å². The Balaban J connectivity index is 1.97. The first-order valence-corrected chi connectivity index (χ1v) is 6.69. The van der Waals surface area contributed by atoms with Crippen LogP contribution in [0.5, 0.6) is 5.75 Å². The molecule has 0 saturated carbocycles. The summed E-state index contributed by atoms with van der Waals surface area (Å²) in [5, 5.41) is 10.4. The number of ether oxygens (including phenoxy) is 1. The largest absolute Gasteiger partial charge is 0.481 e. The number of benzene rings is 1. The first-order valence-electron chi connectivity index (χ1n) is 6.31. The molecular weight excluding hydrogens is 266 g/mol. The third kappa shape index (κ3) is 3.61. The standard InChI is InChI=1S/C14H18ClNO3/c1-10(19-12-5-3-4-11(15)8-12)13(17)16-7-6-14(2,18)9-16/h3-5,8,10,18H,6-7,9H2,1-2H3. The summed E-state index contributed by atoms with van der Waals surface area (Å²) in [7, 11) is 0. The van der Waals surface area contributed by atoms with Crippen LogP contribution < -0.4 is 4.74 Å². The van der Waals surface area contributed by atoms with E-state index in [0.717, 1.165) is 0 Å². The number of amides is 1. The molecular formula is C14H18ClNO3. The second kappa shape index (κ2) is 5.39. The van der Waals surface area contributed by atoms with Crippen molar-refractivity contribution in [1.82, 2.24) is 4.90 Å². The average molecular weight is 284 g/mol. The van der Waals surface area contributed by atoms with Crippen molar-refractivity contribution in [2.24, 2.45) is 0 Å². The smallest absolute Gasteiger partial charge is 0.263 e. The van der Waals surface area contributed by atoms with Crippen LogP contribution in [0.4, 0.5) is 0 Å². The molecule has 2 rings (SSSR count). The highest BCUT2D eigenvalue weighted by molar-refractivity contribution is 6.30. The van der Waals surface area contributed by atoms with Gasteiger partial charge in [0, 0.05) is 18.1 Å². The van der Waals surface area contributed by atoms with Crippen molar-refractivity contribution < 1.29 is 14.6 Å². The summed E-state index contributed by atoms with van der Waals surface area (Å²) in [6, 6.07) is 6.95. The molecule has 1 aliphatic heterocycles. The van der Waals surface area contributed by atoms with Gasteiger partial charge in [-0.3, -0.25) is 4.79 Å². The van der Waals surface area contributed by atoms with E-state index in [1.165, 1.54) is 0 Å². The third-order valence-electron chi connectivity index (χ3n) is 3.22. The van der Waals surface area contributed by atoms with Gasteiger partial charge in [-0.15, -0.1) is 0 Å². The van der Waals surface area contributed by atoms with Crippen LogP contribution in [0.2, 0.25) is 5.02 Å². The second-order valence-electron chi connectivity index (χ2n) is 5.22. The van der Waals surface area contributed by atoms with Crippen molar-refractivity contribution in [3.8, 4) is 5.75 Å². The van der Waals surface area contributed by atoms with E-state index in [-0.39, 0.29) is 5.91 Å². The lowest BCUT2D eigenvalue weighted by molar-refractivity contribution is -0.137. The Bertz CT molecular complexity index is 476. The quantitative estimate of drug-likeness (QED) is 0.924. The first-order chi connectivity index (χ1) is 8.87. The van der Waals surface area contributed by atoms with Crippen LogP contribution in [0.25, 0.3) is 0 Å². The summed E-state index contributed by atoms with van der Waals surface area (Å²) in [4.78, 5) is 13.8. The van der Waals surface area contributed by atoms with Gasteiger partial charge in [0.15, 0.2) is 6.10 Å². The lowest BCUT2D eigenvalue weighted by Gasteiger charge is -2.23. The fourth-order valence-corrected chi connectivity index (χ4v) is 2.37. The average Bonchev–Trinajstić information content (AvgIpc) is 2.68. The molecule has 2 atom stereocenters. The summed E-state index contributed by atoms with van der Waals surface area (Å²) in [6.07, 6.45) is 0.00943. The van der Waals surface area contributed by atoms with Crippen LogP contribution in [-0.2, 0) is 4.79 Å². The fraction of sp³-hybridized carbons (Fsp3) is 0.500. The minimum atomic E-state index is -0.786. The number of likely N-dealkylation sites (tertiary alicyclic amines) is 1. The summed E-state index contributed by atoms with van der Waals surface area (Å²) in [5.41, 5.74) is -0.786. The lowest BCUT2D eigenvalue weighted by atomic mass is 10.1. The maximum atomic E-state index is 12.2. The van der Waals surface area contributed by atoms with Gasteiger partial charge in [-0.2, -0.15) is 0 Å². The first kappa shape index (κ1) is 14.2. The molecule has 0 aromatic heterocycles. The molecule has 0 radical (unpaired) electrons. The predicted octanol–water partition coefficient (Wildman–Crippen LogP) is 2.09. The monoisotopic (exact) mass is 283 g/mol. The van der Waals surface area contributed by atoms with Crippen LogP contribution in [0.1, 0.15) is 20.3 Å². The number of aliphatic hydroxyl groups is 1. The molecule has 4 nitrogen and oxygen atoms in total. The molecule has 1 aromatic rings. The maximum Gasteiger partial charge on any atom is 0.263 e. The van der Waals surface area contributed by atoms with Gasteiger partial charge < -0.3 is 14.7 Å². The van der Waals surface area contributed by atoms with Crippen molar-refractivity contribution in [3.05, 3.63) is 29.3 Å². The molecule has 1 N–H and O–H groups in total. The van der Waals surface area contributed by atoms with Crippen LogP contribution in [0, 0.1) is 0 Å². The van der Waals surface area contributed by atoms with Crippen LogP contribution >= 0.6 is 11.6 Å². The zero-order valence-electron chi connectivity index (χ0n) is 11.1. The molecule has 0 spiro atoms. The molecule has 1 heterocycles. The summed E-state index contributed by atoms with van der Waals surface area (Å²) in [6.45, 7) is 4.36. The van der Waals surface area contributed by atoms with Crippen LogP contribution in [-0.4, -0.2) is 40.7 Å². The van der Waals surface area contributed by atoms with E-state index >= 15 is 0 Å². The zero-order chi connectivity index (χ0) is 14.0. The van der Waals surface area contributed by atoms with Gasteiger partial charge in [-0.1, -0.05) is 17.7 Å². The molecule has 0 bridgehead atoms. The number of hydrogen-bond donors (Lipinski definition) is 1. The van der Waals surface area contributed by atoms with Gasteiger partial charge in [-0.05, 0) is 38.5 Å². The number of nitrogens with zero attached hydrogens (tertiary/aromatic N) is 1. The molecule has 104 valence electrons. The number of rotatable bonds is 3. The Hall–Kier alpha value is -1.26. The van der Waals surface area contributed by atoms with Gasteiger partial charge in [-0.25, -0.2) is 0 Å². The molecule has 1 fully saturated rings. The number of β-amino-alcohol motifs (C(OH)–C–C–N with tert-alkyl or cyclic N) is 1. The highest BCUT2D eigenvalue weighted by Crippen LogP contribution is 2.23. The normalized spacial score (nSPS) is 24.3.